The molecule has 0 saturated heterocycles. The van der Waals surface area contributed by atoms with Crippen LogP contribution < -0.4 is 0 Å². The first-order valence-electron chi connectivity index (χ1n) is 8.15. The largest absolute Gasteiger partial charge is 0.507 e. The number of fused-ring (bicyclic) bond motifs is 1. The summed E-state index contributed by atoms with van der Waals surface area (Å²) in [5.74, 6) is -0.145. The first-order valence-corrected chi connectivity index (χ1v) is 8.53. The normalized spacial score (nSPS) is 16.2. The van der Waals surface area contributed by atoms with Crippen LogP contribution in [0.25, 0.3) is 11.3 Å². The predicted molar refractivity (Wildman–Crippen MR) is 97.1 cm³/mol. The number of phenolic OH excluding ortho intramolecular Hbond substituents is 1. The van der Waals surface area contributed by atoms with Crippen LogP contribution in [0.4, 0.5) is 0 Å². The molecule has 0 radical (unpaired) electrons. The highest BCUT2D eigenvalue weighted by Crippen LogP contribution is 2.44. The summed E-state index contributed by atoms with van der Waals surface area (Å²) in [6.07, 6.45) is 0. The zero-order chi connectivity index (χ0) is 18.3. The van der Waals surface area contributed by atoms with Crippen molar-refractivity contribution in [2.75, 3.05) is 13.2 Å². The van der Waals surface area contributed by atoms with Crippen LogP contribution in [0.2, 0.25) is 5.02 Å². The number of β-amino-alcohol motifs (C(OH)–C–C–N with tert-alkyl or cyclic N) is 1. The molecule has 2 heterocycles. The Morgan fingerprint density at radius 3 is 2.58 bits per heavy atom. The number of rotatable bonds is 4. The predicted octanol–water partition coefficient (Wildman–Crippen LogP) is 2.97. The molecule has 0 unspecified atom stereocenters. The maximum atomic E-state index is 12.8. The summed E-state index contributed by atoms with van der Waals surface area (Å²) in [7, 11) is 0. The van der Waals surface area contributed by atoms with Gasteiger partial charge in [0.1, 0.15) is 17.1 Å². The third kappa shape index (κ3) is 2.55. The standard InChI is InChI=1S/C19H16ClN3O3/c20-12-7-5-11(6-8-12)18-15-16(13-3-1-2-4-14(13)25)21-22-17(15)19(26)23(18)9-10-24/h1-8,18,24-25H,9-10H2,(H,21,22)/t18-/m1/s1. The first-order chi connectivity index (χ1) is 12.6. The highest BCUT2D eigenvalue weighted by molar-refractivity contribution is 6.30. The second-order valence-electron chi connectivity index (χ2n) is 6.05. The molecule has 1 aromatic heterocycles. The van der Waals surface area contributed by atoms with Crippen molar-refractivity contribution in [1.29, 1.82) is 0 Å². The van der Waals surface area contributed by atoms with Gasteiger partial charge in [0.15, 0.2) is 0 Å². The van der Waals surface area contributed by atoms with Crippen LogP contribution in [0, 0.1) is 0 Å². The summed E-state index contributed by atoms with van der Waals surface area (Å²) < 4.78 is 0. The Kier molecular flexibility index (Phi) is 4.14. The number of benzene rings is 2. The number of nitrogens with one attached hydrogen (secondary N) is 1. The number of phenols is 1. The Hall–Kier alpha value is -2.83. The van der Waals surface area contributed by atoms with E-state index in [0.717, 1.165) is 5.56 Å². The fraction of sp³-hybridized carbons (Fsp3) is 0.158. The van der Waals surface area contributed by atoms with Gasteiger partial charge in [-0.3, -0.25) is 9.89 Å². The molecule has 3 aromatic rings. The van der Waals surface area contributed by atoms with Gasteiger partial charge >= 0.3 is 0 Å². The molecule has 2 aromatic carbocycles. The van der Waals surface area contributed by atoms with E-state index in [1.54, 1.807) is 41.3 Å². The molecular formula is C19H16ClN3O3. The number of hydrogen-bond donors (Lipinski definition) is 3. The van der Waals surface area contributed by atoms with Gasteiger partial charge in [0.2, 0.25) is 0 Å². The second kappa shape index (κ2) is 6.48. The van der Waals surface area contributed by atoms with Crippen LogP contribution >= 0.6 is 11.6 Å². The number of para-hydroxylation sites is 1. The Balaban J connectivity index is 1.91. The number of hydrogen-bond acceptors (Lipinski definition) is 4. The Morgan fingerprint density at radius 2 is 1.88 bits per heavy atom. The number of H-pyrrole nitrogens is 1. The summed E-state index contributed by atoms with van der Waals surface area (Å²) in [6.45, 7) is 0.0360. The molecule has 0 aliphatic carbocycles. The molecular weight excluding hydrogens is 354 g/mol. The summed E-state index contributed by atoms with van der Waals surface area (Å²) in [4.78, 5) is 14.4. The third-order valence-electron chi connectivity index (χ3n) is 4.55. The average molecular weight is 370 g/mol. The van der Waals surface area contributed by atoms with Gasteiger partial charge in [-0.25, -0.2) is 0 Å². The van der Waals surface area contributed by atoms with Crippen molar-refractivity contribution in [3.05, 3.63) is 70.4 Å². The van der Waals surface area contributed by atoms with Crippen molar-refractivity contribution >= 4 is 17.5 Å². The number of amides is 1. The highest BCUT2D eigenvalue weighted by Gasteiger charge is 2.42. The molecule has 1 amide bonds. The molecule has 1 aliphatic rings. The van der Waals surface area contributed by atoms with Gasteiger partial charge in [0, 0.05) is 22.7 Å². The molecule has 0 bridgehead atoms. The van der Waals surface area contributed by atoms with Crippen LogP contribution in [-0.4, -0.2) is 44.4 Å². The summed E-state index contributed by atoms with van der Waals surface area (Å²) >= 11 is 6.00. The lowest BCUT2D eigenvalue weighted by atomic mass is 9.96. The lowest BCUT2D eigenvalue weighted by molar-refractivity contribution is 0.0706. The van der Waals surface area contributed by atoms with Crippen molar-refractivity contribution in [3.8, 4) is 17.0 Å². The summed E-state index contributed by atoms with van der Waals surface area (Å²) in [6, 6.07) is 13.7. The summed E-state index contributed by atoms with van der Waals surface area (Å²) in [5.41, 5.74) is 2.98. The molecule has 6 nitrogen and oxygen atoms in total. The molecule has 26 heavy (non-hydrogen) atoms. The number of carbonyl (C=O) groups excluding carboxylic acids is 1. The number of aliphatic hydroxyl groups excluding tert-OH is 1. The van der Waals surface area contributed by atoms with Crippen molar-refractivity contribution in [2.24, 2.45) is 0 Å². The first kappa shape index (κ1) is 16.6. The number of aromatic nitrogens is 2. The molecule has 7 heteroatoms. The number of carbonyl (C=O) groups is 1. The molecule has 132 valence electrons. The fourth-order valence-electron chi connectivity index (χ4n) is 3.41. The zero-order valence-electron chi connectivity index (χ0n) is 13.7. The summed E-state index contributed by atoms with van der Waals surface area (Å²) in [5, 5.41) is 27.3. The van der Waals surface area contributed by atoms with Gasteiger partial charge in [-0.05, 0) is 29.8 Å². The van der Waals surface area contributed by atoms with Crippen LogP contribution in [0.5, 0.6) is 5.75 Å². The maximum Gasteiger partial charge on any atom is 0.273 e. The smallest absolute Gasteiger partial charge is 0.273 e. The topological polar surface area (TPSA) is 89.5 Å². The Morgan fingerprint density at radius 1 is 1.15 bits per heavy atom. The third-order valence-corrected chi connectivity index (χ3v) is 4.80. The monoisotopic (exact) mass is 369 g/mol. The quantitative estimate of drug-likeness (QED) is 0.659. The molecule has 0 spiro atoms. The van der Waals surface area contributed by atoms with Crippen LogP contribution in [0.15, 0.2) is 48.5 Å². The van der Waals surface area contributed by atoms with E-state index in [9.17, 15) is 15.0 Å². The lowest BCUT2D eigenvalue weighted by Gasteiger charge is -2.25. The van der Waals surface area contributed by atoms with Crippen LogP contribution in [0.3, 0.4) is 0 Å². The zero-order valence-corrected chi connectivity index (χ0v) is 14.4. The van der Waals surface area contributed by atoms with Gasteiger partial charge in [-0.2, -0.15) is 5.10 Å². The van der Waals surface area contributed by atoms with Gasteiger partial charge in [0.05, 0.1) is 12.6 Å². The Labute approximate surface area is 154 Å². The SMILES string of the molecule is O=C1c2[nH]nc(-c3ccccc3O)c2[C@@H](c2ccc(Cl)cc2)N1CCO. The van der Waals surface area contributed by atoms with Gasteiger partial charge < -0.3 is 15.1 Å². The minimum absolute atomic E-state index is 0.0877. The van der Waals surface area contributed by atoms with E-state index in [0.29, 0.717) is 27.5 Å². The average Bonchev–Trinajstić information content (AvgIpc) is 3.17. The lowest BCUT2D eigenvalue weighted by Crippen LogP contribution is -2.32. The van der Waals surface area contributed by atoms with E-state index in [2.05, 4.69) is 10.2 Å². The minimum atomic E-state index is -0.421. The molecule has 0 fully saturated rings. The van der Waals surface area contributed by atoms with E-state index >= 15 is 0 Å². The van der Waals surface area contributed by atoms with E-state index < -0.39 is 6.04 Å². The second-order valence-corrected chi connectivity index (χ2v) is 6.49. The molecule has 4 rings (SSSR count). The van der Waals surface area contributed by atoms with E-state index in [1.807, 2.05) is 12.1 Å². The highest BCUT2D eigenvalue weighted by atomic mass is 35.5. The van der Waals surface area contributed by atoms with Gasteiger partial charge in [-0.15, -0.1) is 0 Å². The number of nitrogens with zero attached hydrogens (tertiary/aromatic N) is 2. The van der Waals surface area contributed by atoms with Crippen molar-refractivity contribution < 1.29 is 15.0 Å². The fourth-order valence-corrected chi connectivity index (χ4v) is 3.53. The number of aromatic hydroxyl groups is 1. The van der Waals surface area contributed by atoms with Crippen molar-refractivity contribution in [3.63, 3.8) is 0 Å². The van der Waals surface area contributed by atoms with E-state index in [-0.39, 0.29) is 24.8 Å². The van der Waals surface area contributed by atoms with E-state index in [1.165, 1.54) is 0 Å². The number of aliphatic hydroxyl groups is 1. The molecule has 1 atom stereocenters. The van der Waals surface area contributed by atoms with Gasteiger partial charge in [-0.1, -0.05) is 35.9 Å². The minimum Gasteiger partial charge on any atom is -0.507 e. The molecule has 0 saturated carbocycles. The number of halogens is 1. The molecule has 3 N–H and O–H groups in total. The van der Waals surface area contributed by atoms with Crippen molar-refractivity contribution in [2.45, 2.75) is 6.04 Å². The van der Waals surface area contributed by atoms with Gasteiger partial charge in [0.25, 0.3) is 5.91 Å². The van der Waals surface area contributed by atoms with Crippen LogP contribution in [-0.2, 0) is 0 Å². The van der Waals surface area contributed by atoms with E-state index in [4.69, 9.17) is 11.6 Å². The van der Waals surface area contributed by atoms with Crippen LogP contribution in [0.1, 0.15) is 27.7 Å². The molecule has 1 aliphatic heterocycles. The Bertz CT molecular complexity index is 968. The van der Waals surface area contributed by atoms with Crippen molar-refractivity contribution in [1.82, 2.24) is 15.1 Å². The maximum absolute atomic E-state index is 12.8. The number of aromatic amines is 1.